The third kappa shape index (κ3) is 5.29. The molecule has 2 unspecified atom stereocenters. The van der Waals surface area contributed by atoms with Crippen LogP contribution in [0.5, 0.6) is 0 Å². The van der Waals surface area contributed by atoms with Gasteiger partial charge >= 0.3 is 0 Å². The molecule has 0 aliphatic rings. The largest absolute Gasteiger partial charge is 0.380 e. The van der Waals surface area contributed by atoms with Crippen LogP contribution >= 0.6 is 0 Å². The second-order valence-corrected chi connectivity index (χ2v) is 5.19. The van der Waals surface area contributed by atoms with Crippen LogP contribution in [0.25, 0.3) is 0 Å². The lowest BCUT2D eigenvalue weighted by molar-refractivity contribution is 0.103. The van der Waals surface area contributed by atoms with E-state index in [1.54, 1.807) is 0 Å². The molecule has 0 saturated heterocycles. The molecule has 1 N–H and O–H groups in total. The van der Waals surface area contributed by atoms with E-state index in [0.29, 0.717) is 18.6 Å². The maximum absolute atomic E-state index is 13.0. The van der Waals surface area contributed by atoms with Crippen LogP contribution in [0.4, 0.5) is 4.39 Å². The minimum Gasteiger partial charge on any atom is -0.380 e. The second kappa shape index (κ2) is 8.28. The number of hydrogen-bond acceptors (Lipinski definition) is 2. The van der Waals surface area contributed by atoms with E-state index in [4.69, 9.17) is 4.74 Å². The lowest BCUT2D eigenvalue weighted by Gasteiger charge is -2.28. The smallest absolute Gasteiger partial charge is 0.123 e. The zero-order chi connectivity index (χ0) is 14.3. The molecule has 0 fully saturated rings. The van der Waals surface area contributed by atoms with Gasteiger partial charge in [-0.3, -0.25) is 0 Å². The van der Waals surface area contributed by atoms with Crippen molar-refractivity contribution in [1.82, 2.24) is 5.32 Å². The summed E-state index contributed by atoms with van der Waals surface area (Å²) in [6, 6.07) is 7.31. The zero-order valence-electron chi connectivity index (χ0n) is 12.4. The Morgan fingerprint density at radius 1 is 1.16 bits per heavy atom. The van der Waals surface area contributed by atoms with Crippen LogP contribution in [0, 0.1) is 11.7 Å². The molecule has 108 valence electrons. The van der Waals surface area contributed by atoms with E-state index in [9.17, 15) is 4.39 Å². The van der Waals surface area contributed by atoms with Gasteiger partial charge in [-0.05, 0) is 37.0 Å². The normalized spacial score (nSPS) is 14.6. The zero-order valence-corrected chi connectivity index (χ0v) is 12.4. The Bertz CT molecular complexity index is 350. The van der Waals surface area contributed by atoms with E-state index in [1.165, 1.54) is 12.1 Å². The van der Waals surface area contributed by atoms with E-state index < -0.39 is 0 Å². The Kier molecular flexibility index (Phi) is 7.03. The van der Waals surface area contributed by atoms with Crippen LogP contribution < -0.4 is 5.32 Å². The van der Waals surface area contributed by atoms with Crippen LogP contribution in [-0.2, 0) is 4.74 Å². The van der Waals surface area contributed by atoms with Gasteiger partial charge in [0.25, 0.3) is 0 Å². The number of nitrogens with one attached hydrogen (secondary N) is 1. The predicted octanol–water partition coefficient (Wildman–Crippen LogP) is 3.93. The molecule has 2 nitrogen and oxygen atoms in total. The monoisotopic (exact) mass is 267 g/mol. The van der Waals surface area contributed by atoms with Crippen molar-refractivity contribution in [3.8, 4) is 0 Å². The molecule has 0 bridgehead atoms. The first-order chi connectivity index (χ1) is 9.08. The van der Waals surface area contributed by atoms with Gasteiger partial charge in [-0.2, -0.15) is 0 Å². The summed E-state index contributed by atoms with van der Waals surface area (Å²) in [5.41, 5.74) is 1.13. The second-order valence-electron chi connectivity index (χ2n) is 5.19. The summed E-state index contributed by atoms with van der Waals surface area (Å²) in [7, 11) is 0. The van der Waals surface area contributed by atoms with Gasteiger partial charge < -0.3 is 10.1 Å². The molecule has 1 rings (SSSR count). The summed E-state index contributed by atoms with van der Waals surface area (Å²) in [6.07, 6.45) is 0.973. The van der Waals surface area contributed by atoms with E-state index in [1.807, 2.05) is 19.1 Å². The van der Waals surface area contributed by atoms with Crippen molar-refractivity contribution < 1.29 is 9.13 Å². The summed E-state index contributed by atoms with van der Waals surface area (Å²) in [5, 5.41) is 3.63. The van der Waals surface area contributed by atoms with Gasteiger partial charge in [0.05, 0.1) is 6.61 Å². The van der Waals surface area contributed by atoms with E-state index in [0.717, 1.165) is 18.6 Å². The summed E-state index contributed by atoms with van der Waals surface area (Å²) < 4.78 is 18.5. The molecule has 0 heterocycles. The molecule has 0 radical (unpaired) electrons. The van der Waals surface area contributed by atoms with Crippen molar-refractivity contribution in [3.05, 3.63) is 35.6 Å². The van der Waals surface area contributed by atoms with Crippen molar-refractivity contribution in [2.24, 2.45) is 5.92 Å². The van der Waals surface area contributed by atoms with Gasteiger partial charge in [0.15, 0.2) is 0 Å². The first-order valence-electron chi connectivity index (χ1n) is 7.17. The molecule has 0 aliphatic heterocycles. The topological polar surface area (TPSA) is 21.3 Å². The van der Waals surface area contributed by atoms with Crippen molar-refractivity contribution in [3.63, 3.8) is 0 Å². The third-order valence-electron chi connectivity index (χ3n) is 3.40. The lowest BCUT2D eigenvalue weighted by Crippen LogP contribution is -2.40. The first kappa shape index (κ1) is 16.1. The Morgan fingerprint density at radius 2 is 1.79 bits per heavy atom. The molecule has 0 saturated carbocycles. The number of hydrogen-bond donors (Lipinski definition) is 1. The average Bonchev–Trinajstić information content (AvgIpc) is 2.40. The molecule has 1 aromatic rings. The van der Waals surface area contributed by atoms with Gasteiger partial charge in [0.2, 0.25) is 0 Å². The van der Waals surface area contributed by atoms with E-state index >= 15 is 0 Å². The van der Waals surface area contributed by atoms with Gasteiger partial charge in [-0.1, -0.05) is 32.9 Å². The van der Waals surface area contributed by atoms with Crippen molar-refractivity contribution in [2.75, 3.05) is 13.2 Å². The highest BCUT2D eigenvalue weighted by atomic mass is 19.1. The predicted molar refractivity (Wildman–Crippen MR) is 77.7 cm³/mol. The van der Waals surface area contributed by atoms with Crippen LogP contribution in [0.3, 0.4) is 0 Å². The van der Waals surface area contributed by atoms with E-state index in [2.05, 4.69) is 26.1 Å². The maximum Gasteiger partial charge on any atom is 0.123 e. The molecule has 0 aliphatic carbocycles. The standard InChI is InChI=1S/C16H26FNO/c1-5-15(13-7-9-14(17)10-8-13)18-16(12(3)4)11-19-6-2/h7-10,12,15-16,18H,5-6,11H2,1-4H3. The molecule has 2 atom stereocenters. The molecular formula is C16H26FNO. The lowest BCUT2D eigenvalue weighted by atomic mass is 9.99. The first-order valence-corrected chi connectivity index (χ1v) is 7.17. The van der Waals surface area contributed by atoms with Gasteiger partial charge in [0.1, 0.15) is 5.82 Å². The highest BCUT2D eigenvalue weighted by Gasteiger charge is 2.18. The van der Waals surface area contributed by atoms with Crippen LogP contribution in [0.15, 0.2) is 24.3 Å². The van der Waals surface area contributed by atoms with Crippen LogP contribution in [-0.4, -0.2) is 19.3 Å². The number of benzene rings is 1. The molecule has 0 spiro atoms. The minimum atomic E-state index is -0.187. The molecule has 0 amide bonds. The molecule has 19 heavy (non-hydrogen) atoms. The summed E-state index contributed by atoms with van der Waals surface area (Å²) in [5.74, 6) is 0.314. The van der Waals surface area contributed by atoms with E-state index in [-0.39, 0.29) is 11.9 Å². The number of rotatable bonds is 8. The summed E-state index contributed by atoms with van der Waals surface area (Å²) >= 11 is 0. The third-order valence-corrected chi connectivity index (χ3v) is 3.40. The molecular weight excluding hydrogens is 241 g/mol. The minimum absolute atomic E-state index is 0.187. The maximum atomic E-state index is 13.0. The molecule has 0 aromatic heterocycles. The fourth-order valence-electron chi connectivity index (χ4n) is 2.08. The van der Waals surface area contributed by atoms with Gasteiger partial charge in [-0.15, -0.1) is 0 Å². The Morgan fingerprint density at radius 3 is 2.26 bits per heavy atom. The number of ether oxygens (including phenoxy) is 1. The average molecular weight is 267 g/mol. The van der Waals surface area contributed by atoms with Gasteiger partial charge in [-0.25, -0.2) is 4.39 Å². The van der Waals surface area contributed by atoms with Crippen LogP contribution in [0.1, 0.15) is 45.7 Å². The summed E-state index contributed by atoms with van der Waals surface area (Å²) in [4.78, 5) is 0. The van der Waals surface area contributed by atoms with Crippen molar-refractivity contribution in [2.45, 2.75) is 46.2 Å². The number of halogens is 1. The molecule has 3 heteroatoms. The van der Waals surface area contributed by atoms with Crippen LogP contribution in [0.2, 0.25) is 0 Å². The Balaban J connectivity index is 2.70. The SMILES string of the molecule is CCOCC(NC(CC)c1ccc(F)cc1)C(C)C. The van der Waals surface area contributed by atoms with Gasteiger partial charge in [0, 0.05) is 18.7 Å². The summed E-state index contributed by atoms with van der Waals surface area (Å²) in [6.45, 7) is 9.97. The Hall–Kier alpha value is -0.930. The van der Waals surface area contributed by atoms with Crippen molar-refractivity contribution in [1.29, 1.82) is 0 Å². The van der Waals surface area contributed by atoms with Crippen molar-refractivity contribution >= 4 is 0 Å². The highest BCUT2D eigenvalue weighted by Crippen LogP contribution is 2.19. The fourth-order valence-corrected chi connectivity index (χ4v) is 2.08. The highest BCUT2D eigenvalue weighted by molar-refractivity contribution is 5.20. The fraction of sp³-hybridized carbons (Fsp3) is 0.625. The quantitative estimate of drug-likeness (QED) is 0.770. The molecule has 1 aromatic carbocycles. The Labute approximate surface area is 116 Å².